The van der Waals surface area contributed by atoms with Gasteiger partial charge in [0.15, 0.2) is 0 Å². The molecule has 12 heavy (non-hydrogen) atoms. The first kappa shape index (κ1) is 15.0. The van der Waals surface area contributed by atoms with Gasteiger partial charge in [-0.2, -0.15) is 12.2 Å². The Morgan fingerprint density at radius 2 is 1.25 bits per heavy atom. The van der Waals surface area contributed by atoms with Crippen molar-refractivity contribution < 1.29 is 46.9 Å². The Morgan fingerprint density at radius 3 is 1.33 bits per heavy atom. The Balaban J connectivity index is 0. The van der Waals surface area contributed by atoms with Crippen LogP contribution >= 0.6 is 0 Å². The van der Waals surface area contributed by atoms with Crippen LogP contribution in [-0.4, -0.2) is 0 Å². The second-order valence-corrected chi connectivity index (χ2v) is 2.01. The monoisotopic (exact) mass is 319 g/mol. The minimum atomic E-state index is 0. The van der Waals surface area contributed by atoms with Crippen LogP contribution in [0.2, 0.25) is 0 Å². The third-order valence-corrected chi connectivity index (χ3v) is 1.17. The second kappa shape index (κ2) is 11.5. The van der Waals surface area contributed by atoms with Gasteiger partial charge < -0.3 is 7.43 Å². The van der Waals surface area contributed by atoms with E-state index in [4.69, 9.17) is 0 Å². The van der Waals surface area contributed by atoms with E-state index in [2.05, 4.69) is 24.3 Å². The minimum absolute atomic E-state index is 0. The van der Waals surface area contributed by atoms with Crippen molar-refractivity contribution in [3.05, 3.63) is 56.0 Å². The topological polar surface area (TPSA) is 0 Å². The summed E-state index contributed by atoms with van der Waals surface area (Å²) in [6, 6.07) is 0. The van der Waals surface area contributed by atoms with E-state index < -0.39 is 0 Å². The van der Waals surface area contributed by atoms with Gasteiger partial charge in [-0.25, -0.2) is 24.3 Å². The van der Waals surface area contributed by atoms with Crippen LogP contribution in [0.3, 0.4) is 0 Å². The Hall–Kier alpha value is 0.479. The van der Waals surface area contributed by atoms with E-state index >= 15 is 0 Å². The summed E-state index contributed by atoms with van der Waals surface area (Å²) in [5, 5.41) is 0. The first-order valence-corrected chi connectivity index (χ1v) is 3.43. The molecule has 0 atom stereocenters. The predicted molar refractivity (Wildman–Crippen MR) is 49.6 cm³/mol. The maximum absolute atomic E-state index is 2.99. The third kappa shape index (κ3) is 8.57. The molecule has 0 heterocycles. The first-order chi connectivity index (χ1) is 5.00. The Kier molecular flexibility index (Phi) is 14.3. The maximum atomic E-state index is 2.99. The number of hydrogen-bond donors (Lipinski definition) is 0. The minimum Gasteiger partial charge on any atom is -0.358 e. The average Bonchev–Trinajstić information content (AvgIpc) is 2.67. The van der Waals surface area contributed by atoms with Crippen LogP contribution in [0.25, 0.3) is 0 Å². The zero-order valence-electron chi connectivity index (χ0n) is 7.15. The van der Waals surface area contributed by atoms with Crippen molar-refractivity contribution in [1.82, 2.24) is 0 Å². The molecule has 0 aromatic heterocycles. The van der Waals surface area contributed by atoms with Crippen molar-refractivity contribution in [3.63, 3.8) is 0 Å². The van der Waals surface area contributed by atoms with Crippen LogP contribution in [0.1, 0.15) is 12.8 Å². The van der Waals surface area contributed by atoms with Crippen molar-refractivity contribution in [2.45, 2.75) is 12.8 Å². The molecule has 2 aliphatic carbocycles. The van der Waals surface area contributed by atoms with E-state index in [1.807, 2.05) is 24.3 Å². The van der Waals surface area contributed by atoms with Crippen LogP contribution in [0.15, 0.2) is 36.5 Å². The summed E-state index contributed by atoms with van der Waals surface area (Å²) in [7, 11) is 0. The Morgan fingerprint density at radius 1 is 0.833 bits per heavy atom. The average molecular weight is 318 g/mol. The molecule has 71 valence electrons. The van der Waals surface area contributed by atoms with Gasteiger partial charge in [0.25, 0.3) is 0 Å². The van der Waals surface area contributed by atoms with E-state index in [1.54, 1.807) is 0 Å². The summed E-state index contributed by atoms with van der Waals surface area (Å²) in [5.74, 6) is 0. The van der Waals surface area contributed by atoms with Gasteiger partial charge in [-0.3, -0.25) is 12.2 Å². The summed E-state index contributed by atoms with van der Waals surface area (Å²) in [4.78, 5) is 0. The van der Waals surface area contributed by atoms with E-state index in [0.717, 1.165) is 12.8 Å². The summed E-state index contributed by atoms with van der Waals surface area (Å²) in [6.45, 7) is 0. The summed E-state index contributed by atoms with van der Waals surface area (Å²) < 4.78 is 0. The summed E-state index contributed by atoms with van der Waals surface area (Å²) in [6.07, 6.45) is 20.0. The molecule has 0 bridgehead atoms. The molecule has 0 spiro atoms. The largest absolute Gasteiger partial charge is 3.00 e. The van der Waals surface area contributed by atoms with E-state index in [0.29, 0.717) is 0 Å². The third-order valence-electron chi connectivity index (χ3n) is 1.17. The maximum Gasteiger partial charge on any atom is 3.00 e. The molecule has 0 fully saturated rings. The molecule has 0 saturated carbocycles. The van der Waals surface area contributed by atoms with Gasteiger partial charge >= 0.3 is 46.9 Å². The zero-order valence-corrected chi connectivity index (χ0v) is 8.86. The van der Waals surface area contributed by atoms with Gasteiger partial charge in [-0.05, 0) is 0 Å². The van der Waals surface area contributed by atoms with Crippen molar-refractivity contribution >= 4 is 0 Å². The number of hydrogen-bond acceptors (Lipinski definition) is 0. The Labute approximate surface area is 114 Å². The molecule has 0 aromatic carbocycles. The van der Waals surface area contributed by atoms with Crippen LogP contribution in [0.4, 0.5) is 0 Å². The smallest absolute Gasteiger partial charge is 0.358 e. The molecule has 0 amide bonds. The molecular formula is C11H13Yb. The molecular weight excluding hydrogens is 305 g/mol. The van der Waals surface area contributed by atoms with Crippen molar-refractivity contribution in [2.24, 2.45) is 0 Å². The van der Waals surface area contributed by atoms with Crippen molar-refractivity contribution in [3.8, 4) is 0 Å². The fourth-order valence-corrected chi connectivity index (χ4v) is 0.680. The van der Waals surface area contributed by atoms with Crippen LogP contribution < -0.4 is 0 Å². The van der Waals surface area contributed by atoms with Crippen molar-refractivity contribution in [1.29, 1.82) is 0 Å². The normalized spacial score (nSPS) is 14.7. The van der Waals surface area contributed by atoms with E-state index in [9.17, 15) is 0 Å². The van der Waals surface area contributed by atoms with Gasteiger partial charge in [0.2, 0.25) is 0 Å². The van der Waals surface area contributed by atoms with Gasteiger partial charge in [0.05, 0.1) is 0 Å². The molecule has 1 heteroatoms. The van der Waals surface area contributed by atoms with E-state index in [1.165, 1.54) is 0 Å². The predicted octanol–water partition coefficient (Wildman–Crippen LogP) is 3.06. The molecule has 2 rings (SSSR count). The molecule has 0 unspecified atom stereocenters. The standard InChI is InChI=1S/2C5H5.CH3.Yb/c2*1-2-4-5-3-1;;/h2*1-3H,4H2;1H3;/q3*-1;+3. The summed E-state index contributed by atoms with van der Waals surface area (Å²) in [5.41, 5.74) is 0. The Bertz CT molecular complexity index is 143. The molecule has 0 N–H and O–H groups in total. The molecule has 0 saturated heterocycles. The zero-order chi connectivity index (χ0) is 7.07. The van der Waals surface area contributed by atoms with Crippen LogP contribution in [0, 0.1) is 66.5 Å². The van der Waals surface area contributed by atoms with Gasteiger partial charge in [-0.15, -0.1) is 12.8 Å². The van der Waals surface area contributed by atoms with Gasteiger partial charge in [0, 0.05) is 0 Å². The summed E-state index contributed by atoms with van der Waals surface area (Å²) >= 11 is 0. The van der Waals surface area contributed by atoms with Gasteiger partial charge in [0.1, 0.15) is 0 Å². The molecule has 0 aliphatic heterocycles. The van der Waals surface area contributed by atoms with E-state index in [-0.39, 0.29) is 54.4 Å². The SMILES string of the molecule is [C-]1=CC=CC1.[C-]1=CC=CC1.[CH3-].[Yb+3]. The number of rotatable bonds is 0. The quantitative estimate of drug-likeness (QED) is 0.602. The molecule has 0 nitrogen and oxygen atoms in total. The van der Waals surface area contributed by atoms with Gasteiger partial charge in [-0.1, -0.05) is 0 Å². The van der Waals surface area contributed by atoms with Crippen LogP contribution in [0.5, 0.6) is 0 Å². The fourth-order valence-electron chi connectivity index (χ4n) is 0.680. The van der Waals surface area contributed by atoms with Crippen LogP contribution in [-0.2, 0) is 0 Å². The molecule has 2 aliphatic rings. The number of allylic oxidation sites excluding steroid dienone is 8. The van der Waals surface area contributed by atoms with Crippen molar-refractivity contribution in [2.75, 3.05) is 0 Å². The fraction of sp³-hybridized carbons (Fsp3) is 0.182. The molecule has 0 aromatic rings. The molecule has 1 radical (unpaired) electrons. The first-order valence-electron chi connectivity index (χ1n) is 3.43. The second-order valence-electron chi connectivity index (χ2n) is 2.01.